The molecule has 6 nitrogen and oxygen atoms in total. The summed E-state index contributed by atoms with van der Waals surface area (Å²) in [6.07, 6.45) is 45.3. The predicted octanol–water partition coefficient (Wildman–Crippen LogP) is 12.2. The van der Waals surface area contributed by atoms with E-state index >= 15 is 0 Å². The SMILES string of the molecule is CCCCCCCCCCC=CCCCCCC[C@@H](O)[C@@H](O)[C@H](CO)NC(=O)[C@H](O)CCCCCCCCCCCCCCCCCCCCCC. The zero-order valence-corrected chi connectivity index (χ0v) is 34.8. The Morgan fingerprint density at radius 3 is 1.12 bits per heavy atom. The van der Waals surface area contributed by atoms with Gasteiger partial charge in [0.2, 0.25) is 5.91 Å². The fraction of sp³-hybridized carbons (Fsp3) is 0.935. The summed E-state index contributed by atoms with van der Waals surface area (Å²) < 4.78 is 0. The third-order valence-corrected chi connectivity index (χ3v) is 11.0. The Morgan fingerprint density at radius 1 is 0.462 bits per heavy atom. The fourth-order valence-electron chi connectivity index (χ4n) is 7.28. The normalized spacial score (nSPS) is 14.2. The lowest BCUT2D eigenvalue weighted by molar-refractivity contribution is -0.132. The third kappa shape index (κ3) is 34.8. The molecule has 0 radical (unpaired) electrons. The van der Waals surface area contributed by atoms with Gasteiger partial charge in [-0.2, -0.15) is 0 Å². The van der Waals surface area contributed by atoms with Crippen molar-refractivity contribution in [2.45, 2.75) is 269 Å². The summed E-state index contributed by atoms with van der Waals surface area (Å²) in [4.78, 5) is 12.5. The van der Waals surface area contributed by atoms with Gasteiger partial charge in [-0.3, -0.25) is 4.79 Å². The summed E-state index contributed by atoms with van der Waals surface area (Å²) in [5.74, 6) is -0.585. The Morgan fingerprint density at radius 2 is 0.769 bits per heavy atom. The van der Waals surface area contributed by atoms with E-state index in [1.165, 1.54) is 167 Å². The van der Waals surface area contributed by atoms with Crippen molar-refractivity contribution in [3.8, 4) is 0 Å². The van der Waals surface area contributed by atoms with Gasteiger partial charge >= 0.3 is 0 Å². The highest BCUT2D eigenvalue weighted by atomic mass is 16.3. The standard InChI is InChI=1S/C46H91NO5/c1-3-5-7-9-11-13-15-17-19-21-22-23-24-26-28-30-32-34-36-38-40-44(50)46(52)47-42(41-48)45(51)43(49)39-37-35-33-31-29-27-25-20-18-16-14-12-10-8-6-4-2/h25,27,42-45,48-51H,3-24,26,28-41H2,1-2H3,(H,47,52)/t42-,43+,44+,45-/m0/s1. The van der Waals surface area contributed by atoms with Crippen molar-refractivity contribution in [3.05, 3.63) is 12.2 Å². The molecule has 0 aromatic carbocycles. The Hall–Kier alpha value is -0.950. The number of allylic oxidation sites excluding steroid dienone is 2. The van der Waals surface area contributed by atoms with Crippen molar-refractivity contribution in [1.82, 2.24) is 5.32 Å². The minimum Gasteiger partial charge on any atom is -0.394 e. The molecule has 0 aliphatic heterocycles. The summed E-state index contributed by atoms with van der Waals surface area (Å²) in [5, 5.41) is 43.7. The van der Waals surface area contributed by atoms with Crippen LogP contribution in [-0.4, -0.2) is 57.3 Å². The van der Waals surface area contributed by atoms with Crippen molar-refractivity contribution < 1.29 is 25.2 Å². The third-order valence-electron chi connectivity index (χ3n) is 11.0. The van der Waals surface area contributed by atoms with Crippen LogP contribution in [0, 0.1) is 0 Å². The molecule has 0 aliphatic carbocycles. The molecule has 0 aromatic rings. The predicted molar refractivity (Wildman–Crippen MR) is 224 cm³/mol. The smallest absolute Gasteiger partial charge is 0.249 e. The topological polar surface area (TPSA) is 110 Å². The molecule has 0 saturated carbocycles. The molecule has 5 N–H and O–H groups in total. The lowest BCUT2D eigenvalue weighted by Crippen LogP contribution is -2.53. The van der Waals surface area contributed by atoms with Crippen molar-refractivity contribution in [3.63, 3.8) is 0 Å². The average molecular weight is 738 g/mol. The van der Waals surface area contributed by atoms with E-state index < -0.39 is 36.9 Å². The Kier molecular flexibility index (Phi) is 40.5. The zero-order valence-electron chi connectivity index (χ0n) is 34.8. The van der Waals surface area contributed by atoms with E-state index in [0.29, 0.717) is 12.8 Å². The Labute approximate surface area is 323 Å². The highest BCUT2D eigenvalue weighted by molar-refractivity contribution is 5.80. The van der Waals surface area contributed by atoms with Gasteiger partial charge in [-0.05, 0) is 38.5 Å². The van der Waals surface area contributed by atoms with Crippen LogP contribution in [0.4, 0.5) is 0 Å². The van der Waals surface area contributed by atoms with Gasteiger partial charge in [0.15, 0.2) is 0 Å². The van der Waals surface area contributed by atoms with E-state index in [1.54, 1.807) is 0 Å². The van der Waals surface area contributed by atoms with Gasteiger partial charge in [-0.1, -0.05) is 219 Å². The molecule has 4 atom stereocenters. The average Bonchev–Trinajstić information content (AvgIpc) is 3.15. The van der Waals surface area contributed by atoms with Crippen LogP contribution < -0.4 is 5.32 Å². The second kappa shape index (κ2) is 41.2. The van der Waals surface area contributed by atoms with E-state index in [1.807, 2.05) is 0 Å². The molecule has 0 aromatic heterocycles. The lowest BCUT2D eigenvalue weighted by Gasteiger charge is -2.27. The summed E-state index contributed by atoms with van der Waals surface area (Å²) in [6, 6.07) is -0.988. The number of amides is 1. The number of carbonyl (C=O) groups is 1. The van der Waals surface area contributed by atoms with Crippen LogP contribution in [0.2, 0.25) is 0 Å². The van der Waals surface area contributed by atoms with E-state index in [-0.39, 0.29) is 0 Å². The number of nitrogens with one attached hydrogen (secondary N) is 1. The maximum Gasteiger partial charge on any atom is 0.249 e. The first-order valence-electron chi connectivity index (χ1n) is 23.1. The maximum atomic E-state index is 12.5. The monoisotopic (exact) mass is 738 g/mol. The van der Waals surface area contributed by atoms with Gasteiger partial charge in [0, 0.05) is 0 Å². The van der Waals surface area contributed by atoms with E-state index in [4.69, 9.17) is 0 Å². The number of rotatable bonds is 42. The van der Waals surface area contributed by atoms with E-state index in [2.05, 4.69) is 31.3 Å². The molecular formula is C46H91NO5. The van der Waals surface area contributed by atoms with E-state index in [9.17, 15) is 25.2 Å². The van der Waals surface area contributed by atoms with Crippen molar-refractivity contribution in [1.29, 1.82) is 0 Å². The first-order valence-corrected chi connectivity index (χ1v) is 23.1. The summed E-state index contributed by atoms with van der Waals surface area (Å²) in [6.45, 7) is 4.06. The van der Waals surface area contributed by atoms with Crippen LogP contribution in [0.3, 0.4) is 0 Å². The number of hydrogen-bond donors (Lipinski definition) is 5. The minimum absolute atomic E-state index is 0.371. The molecule has 6 heteroatoms. The van der Waals surface area contributed by atoms with Gasteiger partial charge in [0.25, 0.3) is 0 Å². The second-order valence-corrected chi connectivity index (χ2v) is 16.1. The van der Waals surface area contributed by atoms with Gasteiger partial charge < -0.3 is 25.7 Å². The summed E-state index contributed by atoms with van der Waals surface area (Å²) in [7, 11) is 0. The molecule has 0 heterocycles. The summed E-state index contributed by atoms with van der Waals surface area (Å²) in [5.41, 5.74) is 0. The number of unbranched alkanes of at least 4 members (excludes halogenated alkanes) is 31. The quantitative estimate of drug-likeness (QED) is 0.0316. The van der Waals surface area contributed by atoms with Gasteiger partial charge in [-0.25, -0.2) is 0 Å². The first-order chi connectivity index (χ1) is 25.5. The molecule has 0 saturated heterocycles. The molecule has 52 heavy (non-hydrogen) atoms. The molecule has 0 unspecified atom stereocenters. The van der Waals surface area contributed by atoms with Crippen LogP contribution in [-0.2, 0) is 4.79 Å². The zero-order chi connectivity index (χ0) is 38.2. The van der Waals surface area contributed by atoms with Crippen LogP contribution >= 0.6 is 0 Å². The van der Waals surface area contributed by atoms with Gasteiger partial charge in [0.05, 0.1) is 18.8 Å². The van der Waals surface area contributed by atoms with Gasteiger partial charge in [0.1, 0.15) is 12.2 Å². The highest BCUT2D eigenvalue weighted by Gasteiger charge is 2.28. The molecule has 0 rings (SSSR count). The van der Waals surface area contributed by atoms with Crippen LogP contribution in [0.15, 0.2) is 12.2 Å². The van der Waals surface area contributed by atoms with Gasteiger partial charge in [-0.15, -0.1) is 0 Å². The maximum absolute atomic E-state index is 12.5. The first kappa shape index (κ1) is 51.0. The minimum atomic E-state index is -1.26. The number of carbonyl (C=O) groups excluding carboxylic acids is 1. The van der Waals surface area contributed by atoms with Crippen LogP contribution in [0.25, 0.3) is 0 Å². The van der Waals surface area contributed by atoms with Crippen molar-refractivity contribution >= 4 is 5.91 Å². The van der Waals surface area contributed by atoms with Crippen LogP contribution in [0.5, 0.6) is 0 Å². The molecular weight excluding hydrogens is 647 g/mol. The number of aliphatic hydroxyl groups excluding tert-OH is 4. The molecule has 1 amide bonds. The van der Waals surface area contributed by atoms with E-state index in [0.717, 1.165) is 51.4 Å². The number of aliphatic hydroxyl groups is 4. The Balaban J connectivity index is 3.71. The fourth-order valence-corrected chi connectivity index (χ4v) is 7.28. The summed E-state index contributed by atoms with van der Waals surface area (Å²) >= 11 is 0. The van der Waals surface area contributed by atoms with Crippen LogP contribution in [0.1, 0.15) is 245 Å². The lowest BCUT2D eigenvalue weighted by atomic mass is 9.99. The van der Waals surface area contributed by atoms with Crippen molar-refractivity contribution in [2.75, 3.05) is 6.61 Å². The number of hydrogen-bond acceptors (Lipinski definition) is 5. The highest BCUT2D eigenvalue weighted by Crippen LogP contribution is 2.17. The molecule has 310 valence electrons. The molecule has 0 bridgehead atoms. The second-order valence-electron chi connectivity index (χ2n) is 16.1. The molecule has 0 fully saturated rings. The van der Waals surface area contributed by atoms with Crippen molar-refractivity contribution in [2.24, 2.45) is 0 Å². The largest absolute Gasteiger partial charge is 0.394 e. The molecule has 0 spiro atoms. The Bertz CT molecular complexity index is 746. The molecule has 0 aliphatic rings.